The third-order valence-electron chi connectivity index (χ3n) is 8.07. The summed E-state index contributed by atoms with van der Waals surface area (Å²) in [4.78, 5) is 47.0. The number of aromatic nitrogens is 4. The number of amides is 1. The van der Waals surface area contributed by atoms with Gasteiger partial charge in [-0.3, -0.25) is 24.8 Å². The number of nitrogens with zero attached hydrogens (tertiary/aromatic N) is 4. The van der Waals surface area contributed by atoms with Crippen molar-refractivity contribution in [2.24, 2.45) is 5.92 Å². The van der Waals surface area contributed by atoms with Crippen LogP contribution >= 0.6 is 11.3 Å². The van der Waals surface area contributed by atoms with Crippen molar-refractivity contribution >= 4 is 50.8 Å². The Morgan fingerprint density at radius 1 is 1.05 bits per heavy atom. The van der Waals surface area contributed by atoms with E-state index in [9.17, 15) is 9.59 Å². The van der Waals surface area contributed by atoms with E-state index >= 15 is 0 Å². The molecule has 0 radical (unpaired) electrons. The van der Waals surface area contributed by atoms with Crippen molar-refractivity contribution in [1.82, 2.24) is 24.8 Å². The second kappa shape index (κ2) is 10.6. The summed E-state index contributed by atoms with van der Waals surface area (Å²) < 4.78 is 0. The molecule has 202 valence electrons. The quantitative estimate of drug-likeness (QED) is 0.249. The van der Waals surface area contributed by atoms with Gasteiger partial charge >= 0.3 is 0 Å². The number of carbonyl (C=O) groups excluding carboxylic acids is 2. The highest BCUT2D eigenvalue weighted by molar-refractivity contribution is 7.11. The number of pyridine rings is 1. The summed E-state index contributed by atoms with van der Waals surface area (Å²) >= 11 is 1.67. The van der Waals surface area contributed by atoms with Gasteiger partial charge < -0.3 is 4.98 Å². The molecule has 1 amide bonds. The highest BCUT2D eigenvalue weighted by Crippen LogP contribution is 2.30. The molecular formula is C31H30N6O2S. The topological polar surface area (TPSA) is 104 Å². The van der Waals surface area contributed by atoms with E-state index in [4.69, 9.17) is 4.98 Å². The van der Waals surface area contributed by atoms with Crippen molar-refractivity contribution in [3.05, 3.63) is 81.6 Å². The van der Waals surface area contributed by atoms with E-state index in [0.29, 0.717) is 22.3 Å². The first-order chi connectivity index (χ1) is 19.6. The molecule has 5 aromatic rings. The fourth-order valence-corrected chi connectivity index (χ4v) is 7.18. The molecule has 1 aliphatic heterocycles. The van der Waals surface area contributed by atoms with Gasteiger partial charge in [0.25, 0.3) is 5.91 Å². The number of anilines is 1. The summed E-state index contributed by atoms with van der Waals surface area (Å²) in [5.74, 6) is 0.721. The van der Waals surface area contributed by atoms with Crippen molar-refractivity contribution in [1.29, 1.82) is 0 Å². The van der Waals surface area contributed by atoms with E-state index in [-0.39, 0.29) is 24.1 Å². The lowest BCUT2D eigenvalue weighted by Crippen LogP contribution is -2.33. The number of para-hydroxylation sites is 1. The van der Waals surface area contributed by atoms with E-state index < -0.39 is 0 Å². The summed E-state index contributed by atoms with van der Waals surface area (Å²) in [5.41, 5.74) is 3.20. The highest BCUT2D eigenvalue weighted by Gasteiger charge is 2.25. The summed E-state index contributed by atoms with van der Waals surface area (Å²) in [5, 5.41) is 5.56. The van der Waals surface area contributed by atoms with Gasteiger partial charge in [-0.15, -0.1) is 11.3 Å². The normalized spacial score (nSPS) is 16.0. The first-order valence-electron chi connectivity index (χ1n) is 14.0. The molecule has 2 N–H and O–H groups in total. The van der Waals surface area contributed by atoms with Gasteiger partial charge in [0.05, 0.1) is 17.6 Å². The maximum atomic E-state index is 13.4. The zero-order chi connectivity index (χ0) is 27.1. The molecule has 2 aromatic carbocycles. The number of carbonyl (C=O) groups is 2. The lowest BCUT2D eigenvalue weighted by Gasteiger charge is -2.28. The molecule has 0 saturated heterocycles. The smallest absolute Gasteiger partial charge is 0.276 e. The summed E-state index contributed by atoms with van der Waals surface area (Å²) in [6.45, 7) is 3.18. The van der Waals surface area contributed by atoms with Crippen LogP contribution in [0, 0.1) is 5.92 Å². The molecule has 0 atom stereocenters. The van der Waals surface area contributed by atoms with Crippen LogP contribution in [0.5, 0.6) is 0 Å². The largest absolute Gasteiger partial charge is 0.324 e. The lowest BCUT2D eigenvalue weighted by molar-refractivity contribution is 0.0992. The number of hydrogen-bond acceptors (Lipinski definition) is 7. The second-order valence-electron chi connectivity index (χ2n) is 10.9. The van der Waals surface area contributed by atoms with Gasteiger partial charge in [0.15, 0.2) is 5.78 Å². The first-order valence-corrected chi connectivity index (χ1v) is 14.8. The van der Waals surface area contributed by atoms with E-state index in [1.54, 1.807) is 29.7 Å². The van der Waals surface area contributed by atoms with Gasteiger partial charge in [-0.2, -0.15) is 0 Å². The minimum atomic E-state index is -0.368. The molecule has 0 unspecified atom stereocenters. The number of Topliss-reactive ketones (excluding diaryl/α,β-unsaturated/α-hetero) is 1. The Balaban J connectivity index is 1.05. The number of aromatic amines is 1. The van der Waals surface area contributed by atoms with Crippen LogP contribution in [0.2, 0.25) is 0 Å². The maximum Gasteiger partial charge on any atom is 0.276 e. The number of imidazole rings is 1. The molecule has 0 spiro atoms. The van der Waals surface area contributed by atoms with Gasteiger partial charge in [0.1, 0.15) is 16.2 Å². The zero-order valence-corrected chi connectivity index (χ0v) is 23.0. The molecule has 7 rings (SSSR count). The number of thiazole rings is 1. The molecule has 4 heterocycles. The van der Waals surface area contributed by atoms with Gasteiger partial charge in [0, 0.05) is 48.1 Å². The summed E-state index contributed by atoms with van der Waals surface area (Å²) in [6, 6.07) is 15.0. The van der Waals surface area contributed by atoms with Crippen molar-refractivity contribution in [2.75, 3.05) is 18.4 Å². The Kier molecular flexibility index (Phi) is 6.61. The van der Waals surface area contributed by atoms with Crippen LogP contribution < -0.4 is 5.32 Å². The molecule has 3 aromatic heterocycles. The number of hydrogen-bond donors (Lipinski definition) is 2. The monoisotopic (exact) mass is 550 g/mol. The fourth-order valence-electron chi connectivity index (χ4n) is 6.02. The fraction of sp³-hybridized carbons (Fsp3) is 0.323. The first kappa shape index (κ1) is 25.0. The Bertz CT molecular complexity index is 1730. The summed E-state index contributed by atoms with van der Waals surface area (Å²) in [7, 11) is 0. The van der Waals surface area contributed by atoms with Crippen molar-refractivity contribution < 1.29 is 9.59 Å². The number of nitrogens with one attached hydrogen (secondary N) is 2. The Morgan fingerprint density at radius 3 is 2.77 bits per heavy atom. The van der Waals surface area contributed by atoms with Crippen LogP contribution in [0.1, 0.15) is 62.1 Å². The Hall–Kier alpha value is -3.95. The zero-order valence-electron chi connectivity index (χ0n) is 22.2. The number of fused-ring (bicyclic) bond motifs is 3. The van der Waals surface area contributed by atoms with E-state index in [1.807, 2.05) is 36.4 Å². The number of rotatable bonds is 7. The van der Waals surface area contributed by atoms with Crippen LogP contribution in [0.15, 0.2) is 54.7 Å². The standard InChI is InChI=1S/C31H30N6O2S/c38-26(15-28-33-23-12-13-37(18-27(23)40-28)17-19-6-1-2-7-19)22-10-5-11-24-29(22)35-31(34-24)36-30(39)25-14-20-8-3-4-9-21(20)16-32-25/h3-5,8-11,14,16,19H,1-2,6-7,12-13,15,17-18H2,(H2,34,35,36,39). The Labute approximate surface area is 235 Å². The number of benzene rings is 2. The molecule has 0 bridgehead atoms. The van der Waals surface area contributed by atoms with Gasteiger partial charge in [-0.25, -0.2) is 9.97 Å². The summed E-state index contributed by atoms with van der Waals surface area (Å²) in [6.07, 6.45) is 8.34. The molecule has 1 aliphatic carbocycles. The second-order valence-corrected chi connectivity index (χ2v) is 12.0. The third kappa shape index (κ3) is 5.02. The average molecular weight is 551 g/mol. The van der Waals surface area contributed by atoms with Gasteiger partial charge in [-0.05, 0) is 42.3 Å². The van der Waals surface area contributed by atoms with Crippen LogP contribution in [0.3, 0.4) is 0 Å². The molecule has 1 fully saturated rings. The maximum absolute atomic E-state index is 13.4. The van der Waals surface area contributed by atoms with E-state index in [1.165, 1.54) is 37.1 Å². The molecule has 8 nitrogen and oxygen atoms in total. The third-order valence-corrected chi connectivity index (χ3v) is 9.15. The average Bonchev–Trinajstić information content (AvgIpc) is 3.72. The van der Waals surface area contributed by atoms with E-state index in [2.05, 4.69) is 25.2 Å². The van der Waals surface area contributed by atoms with Crippen LogP contribution in [-0.4, -0.2) is 49.6 Å². The van der Waals surface area contributed by atoms with Crippen LogP contribution in [0.25, 0.3) is 21.8 Å². The molecule has 1 saturated carbocycles. The van der Waals surface area contributed by atoms with Crippen molar-refractivity contribution in [2.45, 2.75) is 45.1 Å². The predicted molar refractivity (Wildman–Crippen MR) is 157 cm³/mol. The van der Waals surface area contributed by atoms with E-state index in [0.717, 1.165) is 46.9 Å². The van der Waals surface area contributed by atoms with Gasteiger partial charge in [0.2, 0.25) is 5.95 Å². The van der Waals surface area contributed by atoms with Crippen molar-refractivity contribution in [3.63, 3.8) is 0 Å². The molecular weight excluding hydrogens is 520 g/mol. The molecule has 9 heteroatoms. The minimum Gasteiger partial charge on any atom is -0.324 e. The predicted octanol–water partition coefficient (Wildman–Crippen LogP) is 5.79. The number of H-pyrrole nitrogens is 1. The number of ketones is 1. The SMILES string of the molecule is O=C(Nc1nc2c(C(=O)Cc3nc4c(s3)CN(CC3CCCC3)CC4)cccc2[nH]1)c1cc2ccccc2cn1. The van der Waals surface area contributed by atoms with Crippen LogP contribution in [0.4, 0.5) is 5.95 Å². The van der Waals surface area contributed by atoms with Crippen LogP contribution in [-0.2, 0) is 19.4 Å². The molecule has 2 aliphatic rings. The highest BCUT2D eigenvalue weighted by atomic mass is 32.1. The van der Waals surface area contributed by atoms with Crippen molar-refractivity contribution in [3.8, 4) is 0 Å². The minimum absolute atomic E-state index is 0.0277. The lowest BCUT2D eigenvalue weighted by atomic mass is 10.1. The van der Waals surface area contributed by atoms with Gasteiger partial charge in [-0.1, -0.05) is 43.2 Å². The molecule has 40 heavy (non-hydrogen) atoms. The Morgan fingerprint density at radius 2 is 1.90 bits per heavy atom.